The minimum absolute atomic E-state index is 0.0254. The van der Waals surface area contributed by atoms with Crippen LogP contribution in [0.4, 0.5) is 10.1 Å². The number of pyridine rings is 1. The Labute approximate surface area is 218 Å². The van der Waals surface area contributed by atoms with Crippen LogP contribution in [0.25, 0.3) is 22.0 Å². The molecule has 0 saturated heterocycles. The maximum absolute atomic E-state index is 15.3. The molecule has 1 heterocycles. The van der Waals surface area contributed by atoms with E-state index in [0.717, 1.165) is 6.07 Å². The Morgan fingerprint density at radius 3 is 2.62 bits per heavy atom. The van der Waals surface area contributed by atoms with Gasteiger partial charge in [0.25, 0.3) is 5.56 Å². The summed E-state index contributed by atoms with van der Waals surface area (Å²) in [6, 6.07) is 7.47. The van der Waals surface area contributed by atoms with Crippen LogP contribution in [-0.4, -0.2) is 65.3 Å². The van der Waals surface area contributed by atoms with Crippen LogP contribution in [-0.2, 0) is 4.79 Å². The molecule has 0 aliphatic rings. The topological polar surface area (TPSA) is 108 Å². The zero-order chi connectivity index (χ0) is 27.3. The third-order valence-corrected chi connectivity index (χ3v) is 6.03. The lowest BCUT2D eigenvalue weighted by Gasteiger charge is -2.21. The van der Waals surface area contributed by atoms with Gasteiger partial charge in [-0.3, -0.25) is 24.1 Å². The summed E-state index contributed by atoms with van der Waals surface area (Å²) >= 11 is 6.51. The molecule has 3 rings (SSSR count). The van der Waals surface area contributed by atoms with E-state index in [1.807, 2.05) is 0 Å². The predicted octanol–water partition coefficient (Wildman–Crippen LogP) is 3.41. The third-order valence-electron chi connectivity index (χ3n) is 5.65. The molecule has 1 aromatic heterocycles. The van der Waals surface area contributed by atoms with Crippen LogP contribution >= 0.6 is 11.6 Å². The van der Waals surface area contributed by atoms with Gasteiger partial charge in [0.05, 0.1) is 23.4 Å². The van der Waals surface area contributed by atoms with Gasteiger partial charge in [-0.2, -0.15) is 5.10 Å². The minimum atomic E-state index is -0.737. The number of ether oxygens (including phenoxy) is 1. The summed E-state index contributed by atoms with van der Waals surface area (Å²) < 4.78 is 22.1. The summed E-state index contributed by atoms with van der Waals surface area (Å²) in [5, 5.41) is 24.7. The molecule has 1 amide bonds. The fourth-order valence-corrected chi connectivity index (χ4v) is 4.06. The average molecular weight is 531 g/mol. The van der Waals surface area contributed by atoms with Crippen LogP contribution in [0.1, 0.15) is 19.4 Å². The van der Waals surface area contributed by atoms with Crippen molar-refractivity contribution in [3.63, 3.8) is 0 Å². The van der Waals surface area contributed by atoms with Gasteiger partial charge < -0.3 is 14.9 Å². The smallest absolute Gasteiger partial charge is 0.263 e. The number of hydrogen-bond acceptors (Lipinski definition) is 7. The highest BCUT2D eigenvalue weighted by Crippen LogP contribution is 2.33. The molecule has 2 N–H and O–H groups in total. The molecule has 2 aromatic carbocycles. The molecule has 0 aliphatic heterocycles. The van der Waals surface area contributed by atoms with E-state index in [9.17, 15) is 14.7 Å². The number of nitrogens with zero attached hydrogens (tertiary/aromatic N) is 4. The van der Waals surface area contributed by atoms with Gasteiger partial charge in [0.1, 0.15) is 29.8 Å². The standard InChI is InChI=1S/C26H28ClFN4O5/c1-5-31(15-35)24(14-34)29-30(4)22-12-17-18(11-20(22)28)26(36)32(13-19(17)16(2)3)21-7-6-8-23(25(21)27)37-10-9-33/h6-8,11-13,15,33-34H,2,5,9-10,14H2,1,3-4H3/b29-24-. The number of likely N-dealkylation sites (N-methyl/N-ethyl adjacent to an activating group) is 1. The predicted molar refractivity (Wildman–Crippen MR) is 143 cm³/mol. The second kappa shape index (κ2) is 12.0. The summed E-state index contributed by atoms with van der Waals surface area (Å²) in [6.45, 7) is 7.03. The molecule has 0 unspecified atom stereocenters. The monoisotopic (exact) mass is 530 g/mol. The molecule has 37 heavy (non-hydrogen) atoms. The van der Waals surface area contributed by atoms with Crippen molar-refractivity contribution in [2.45, 2.75) is 13.8 Å². The van der Waals surface area contributed by atoms with Gasteiger partial charge in [-0.1, -0.05) is 24.2 Å². The maximum Gasteiger partial charge on any atom is 0.263 e. The first kappa shape index (κ1) is 27.9. The number of rotatable bonds is 10. The molecular weight excluding hydrogens is 503 g/mol. The zero-order valence-corrected chi connectivity index (χ0v) is 21.5. The normalized spacial score (nSPS) is 11.5. The molecule has 11 heteroatoms. The molecule has 0 saturated carbocycles. The van der Waals surface area contributed by atoms with Crippen molar-refractivity contribution >= 4 is 45.9 Å². The van der Waals surface area contributed by atoms with E-state index in [1.54, 1.807) is 38.2 Å². The van der Waals surface area contributed by atoms with E-state index in [1.165, 1.54) is 27.6 Å². The maximum atomic E-state index is 15.3. The molecule has 196 valence electrons. The number of aliphatic hydroxyl groups excluding tert-OH is 2. The van der Waals surface area contributed by atoms with E-state index in [4.69, 9.17) is 21.4 Å². The minimum Gasteiger partial charge on any atom is -0.490 e. The number of halogens is 2. The highest BCUT2D eigenvalue weighted by molar-refractivity contribution is 6.33. The van der Waals surface area contributed by atoms with Gasteiger partial charge in [0.2, 0.25) is 6.41 Å². The molecule has 0 aliphatic carbocycles. The summed E-state index contributed by atoms with van der Waals surface area (Å²) in [4.78, 5) is 26.0. The van der Waals surface area contributed by atoms with Gasteiger partial charge in [0, 0.05) is 25.4 Å². The van der Waals surface area contributed by atoms with Crippen LogP contribution in [0.5, 0.6) is 5.75 Å². The van der Waals surface area contributed by atoms with Crippen molar-refractivity contribution in [2.75, 3.05) is 38.4 Å². The summed E-state index contributed by atoms with van der Waals surface area (Å²) in [7, 11) is 1.47. The van der Waals surface area contributed by atoms with Crippen molar-refractivity contribution in [3.05, 3.63) is 69.9 Å². The second-order valence-electron chi connectivity index (χ2n) is 8.10. The molecule has 0 fully saturated rings. The molecule has 0 radical (unpaired) electrons. The van der Waals surface area contributed by atoms with Crippen LogP contribution in [0, 0.1) is 5.82 Å². The first-order valence-corrected chi connectivity index (χ1v) is 11.8. The van der Waals surface area contributed by atoms with Gasteiger partial charge in [-0.05, 0) is 49.1 Å². The van der Waals surface area contributed by atoms with E-state index in [-0.39, 0.29) is 47.4 Å². The number of amides is 1. The Balaban J connectivity index is 2.24. The quantitative estimate of drug-likeness (QED) is 0.180. The highest BCUT2D eigenvalue weighted by Gasteiger charge is 2.19. The zero-order valence-electron chi connectivity index (χ0n) is 20.7. The van der Waals surface area contributed by atoms with Gasteiger partial charge >= 0.3 is 0 Å². The first-order valence-electron chi connectivity index (χ1n) is 11.4. The number of benzene rings is 2. The number of hydrogen-bond donors (Lipinski definition) is 2. The fraction of sp³-hybridized carbons (Fsp3) is 0.269. The summed E-state index contributed by atoms with van der Waals surface area (Å²) in [5.41, 5.74) is 1.00. The molecular formula is C26H28ClFN4O5. The summed E-state index contributed by atoms with van der Waals surface area (Å²) in [5.74, 6) is -0.416. The molecule has 9 nitrogen and oxygen atoms in total. The lowest BCUT2D eigenvalue weighted by molar-refractivity contribution is -0.114. The van der Waals surface area contributed by atoms with Crippen LogP contribution in [0.15, 0.2) is 53.0 Å². The molecule has 3 aromatic rings. The van der Waals surface area contributed by atoms with Crippen molar-refractivity contribution in [3.8, 4) is 11.4 Å². The van der Waals surface area contributed by atoms with Crippen LogP contribution in [0.2, 0.25) is 5.02 Å². The number of fused-ring (bicyclic) bond motifs is 1. The Bertz CT molecular complexity index is 1420. The van der Waals surface area contributed by atoms with Crippen molar-refractivity contribution in [1.82, 2.24) is 9.47 Å². The van der Waals surface area contributed by atoms with E-state index in [2.05, 4.69) is 11.7 Å². The van der Waals surface area contributed by atoms with E-state index < -0.39 is 18.0 Å². The second-order valence-corrected chi connectivity index (χ2v) is 8.48. The Kier molecular flexibility index (Phi) is 9.04. The Hall–Kier alpha value is -3.73. The number of carbonyl (C=O) groups excluding carboxylic acids is 1. The first-order chi connectivity index (χ1) is 17.7. The Morgan fingerprint density at radius 2 is 2.03 bits per heavy atom. The third kappa shape index (κ3) is 5.66. The number of carbonyl (C=O) groups is 1. The summed E-state index contributed by atoms with van der Waals surface area (Å²) in [6.07, 6.45) is 2.09. The van der Waals surface area contributed by atoms with Gasteiger partial charge in [-0.15, -0.1) is 0 Å². The van der Waals surface area contributed by atoms with Crippen molar-refractivity contribution in [2.24, 2.45) is 5.10 Å². The van der Waals surface area contributed by atoms with Gasteiger partial charge in [0.15, 0.2) is 5.84 Å². The van der Waals surface area contributed by atoms with Crippen molar-refractivity contribution < 1.29 is 24.1 Å². The lowest BCUT2D eigenvalue weighted by atomic mass is 10.0. The van der Waals surface area contributed by atoms with Crippen LogP contribution in [0.3, 0.4) is 0 Å². The largest absolute Gasteiger partial charge is 0.490 e. The van der Waals surface area contributed by atoms with Crippen molar-refractivity contribution in [1.29, 1.82) is 0 Å². The van der Waals surface area contributed by atoms with E-state index >= 15 is 4.39 Å². The number of anilines is 1. The average Bonchev–Trinajstić information content (AvgIpc) is 2.88. The fourth-order valence-electron chi connectivity index (χ4n) is 3.79. The van der Waals surface area contributed by atoms with E-state index in [0.29, 0.717) is 28.6 Å². The lowest BCUT2D eigenvalue weighted by Crippen LogP contribution is -2.34. The molecule has 0 atom stereocenters. The van der Waals surface area contributed by atoms with Crippen LogP contribution < -0.4 is 15.3 Å². The number of amidine groups is 1. The Morgan fingerprint density at radius 1 is 1.30 bits per heavy atom. The number of allylic oxidation sites excluding steroid dienone is 1. The SMILES string of the molecule is C=C(C)c1cn(-c2cccc(OCCO)c2Cl)c(=O)c2cc(F)c(N(C)/N=C(/CO)N(C=O)CC)cc12. The number of aliphatic hydroxyl groups is 2. The highest BCUT2D eigenvalue weighted by atomic mass is 35.5. The molecule has 0 spiro atoms. The number of aromatic nitrogens is 1. The number of hydrazone groups is 1. The van der Waals surface area contributed by atoms with Gasteiger partial charge in [-0.25, -0.2) is 4.39 Å². The molecule has 0 bridgehead atoms.